The van der Waals surface area contributed by atoms with Crippen molar-refractivity contribution >= 4 is 29.2 Å². The lowest BCUT2D eigenvalue weighted by molar-refractivity contribution is -0.136. The quantitative estimate of drug-likeness (QED) is 0.636. The Morgan fingerprint density at radius 1 is 1.42 bits per heavy atom. The Kier molecular flexibility index (Phi) is 3.75. The highest BCUT2D eigenvalue weighted by atomic mass is 16.5. The molecular formula is C16H17N3O5. The van der Waals surface area contributed by atoms with Crippen LogP contribution in [-0.2, 0) is 19.1 Å². The van der Waals surface area contributed by atoms with Crippen LogP contribution in [0.2, 0.25) is 0 Å². The topological polar surface area (TPSA) is 97.3 Å². The Labute approximate surface area is 138 Å². The van der Waals surface area contributed by atoms with Gasteiger partial charge in [-0.2, -0.15) is 5.10 Å². The number of fused-ring (bicyclic) bond motifs is 1. The van der Waals surface area contributed by atoms with Crippen LogP contribution in [0.1, 0.15) is 13.8 Å². The van der Waals surface area contributed by atoms with Gasteiger partial charge in [-0.15, -0.1) is 0 Å². The zero-order valence-corrected chi connectivity index (χ0v) is 13.5. The van der Waals surface area contributed by atoms with Gasteiger partial charge in [0.25, 0.3) is 5.91 Å². The molecule has 0 spiro atoms. The minimum absolute atomic E-state index is 0.0805. The summed E-state index contributed by atoms with van der Waals surface area (Å²) in [6.07, 6.45) is 0. The summed E-state index contributed by atoms with van der Waals surface area (Å²) in [5.41, 5.74) is 1.63. The van der Waals surface area contributed by atoms with E-state index in [1.807, 2.05) is 0 Å². The molecule has 2 aliphatic heterocycles. The lowest BCUT2D eigenvalue weighted by Gasteiger charge is -2.20. The number of hydrogen-bond donors (Lipinski definition) is 1. The number of nitrogens with zero attached hydrogens (tertiary/aromatic N) is 2. The van der Waals surface area contributed by atoms with E-state index in [-0.39, 0.29) is 12.3 Å². The van der Waals surface area contributed by atoms with Crippen molar-refractivity contribution in [1.82, 2.24) is 5.43 Å². The van der Waals surface area contributed by atoms with E-state index < -0.39 is 29.2 Å². The summed E-state index contributed by atoms with van der Waals surface area (Å²) in [6, 6.07) is 6.60. The lowest BCUT2D eigenvalue weighted by atomic mass is 9.86. The van der Waals surface area contributed by atoms with Crippen molar-refractivity contribution in [2.75, 3.05) is 18.6 Å². The molecule has 24 heavy (non-hydrogen) atoms. The summed E-state index contributed by atoms with van der Waals surface area (Å²) >= 11 is 0. The Balaban J connectivity index is 1.99. The van der Waals surface area contributed by atoms with Crippen molar-refractivity contribution in [3.8, 4) is 5.75 Å². The maximum absolute atomic E-state index is 12.9. The summed E-state index contributed by atoms with van der Waals surface area (Å²) in [5.74, 6) is -2.20. The summed E-state index contributed by atoms with van der Waals surface area (Å²) in [5, 5.41) is 3.87. The number of imide groups is 1. The van der Waals surface area contributed by atoms with Crippen LogP contribution in [0.5, 0.6) is 5.75 Å². The fourth-order valence-corrected chi connectivity index (χ4v) is 2.94. The SMILES string of the molecule is CCOC(=O)C1=NN[C@@]2(C)C(=O)N(c3cccc(OC)c3)C(=O)[C@H]12. The highest BCUT2D eigenvalue weighted by molar-refractivity contribution is 6.47. The molecule has 8 heteroatoms. The van der Waals surface area contributed by atoms with E-state index in [4.69, 9.17) is 9.47 Å². The second kappa shape index (κ2) is 5.63. The van der Waals surface area contributed by atoms with Gasteiger partial charge in [0.15, 0.2) is 5.71 Å². The normalized spacial score (nSPS) is 25.2. The highest BCUT2D eigenvalue weighted by Gasteiger charge is 2.63. The maximum atomic E-state index is 12.9. The maximum Gasteiger partial charge on any atom is 0.355 e. The van der Waals surface area contributed by atoms with E-state index in [2.05, 4.69) is 10.5 Å². The number of anilines is 1. The van der Waals surface area contributed by atoms with Crippen LogP contribution in [0.3, 0.4) is 0 Å². The molecule has 0 bridgehead atoms. The fraction of sp³-hybridized carbons (Fsp3) is 0.375. The minimum atomic E-state index is -1.30. The summed E-state index contributed by atoms with van der Waals surface area (Å²) in [7, 11) is 1.50. The third-order valence-corrected chi connectivity index (χ3v) is 4.17. The van der Waals surface area contributed by atoms with Crippen molar-refractivity contribution in [2.24, 2.45) is 11.0 Å². The smallest absolute Gasteiger partial charge is 0.355 e. The number of methoxy groups -OCH3 is 1. The molecule has 0 radical (unpaired) electrons. The summed E-state index contributed by atoms with van der Waals surface area (Å²) in [4.78, 5) is 38.8. The number of carbonyl (C=O) groups excluding carboxylic acids is 3. The molecule has 0 aromatic heterocycles. The Bertz CT molecular complexity index is 760. The number of nitrogens with one attached hydrogen (secondary N) is 1. The zero-order valence-electron chi connectivity index (χ0n) is 13.5. The highest BCUT2D eigenvalue weighted by Crippen LogP contribution is 2.38. The number of amides is 2. The van der Waals surface area contributed by atoms with E-state index in [9.17, 15) is 14.4 Å². The molecule has 1 N–H and O–H groups in total. The summed E-state index contributed by atoms with van der Waals surface area (Å²) < 4.78 is 10.1. The first-order valence-electron chi connectivity index (χ1n) is 7.48. The van der Waals surface area contributed by atoms with Crippen molar-refractivity contribution < 1.29 is 23.9 Å². The van der Waals surface area contributed by atoms with Gasteiger partial charge in [0.05, 0.1) is 19.4 Å². The third kappa shape index (κ3) is 2.14. The Hall–Kier alpha value is -2.90. The third-order valence-electron chi connectivity index (χ3n) is 4.17. The number of rotatable bonds is 4. The number of carbonyl (C=O) groups is 3. The standard InChI is InChI=1S/C16H17N3O5/c1-4-24-14(21)12-11-13(20)19(15(22)16(11,2)18-17-12)9-6-5-7-10(8-9)23-3/h5-8,11,18H,4H2,1-3H3/t11-,16+/m0/s1. The first-order chi connectivity index (χ1) is 11.4. The molecular weight excluding hydrogens is 314 g/mol. The first kappa shape index (κ1) is 16.0. The molecule has 0 aliphatic carbocycles. The lowest BCUT2D eigenvalue weighted by Crippen LogP contribution is -2.48. The van der Waals surface area contributed by atoms with E-state index in [1.54, 1.807) is 38.1 Å². The van der Waals surface area contributed by atoms with Gasteiger partial charge in [-0.3, -0.25) is 15.0 Å². The summed E-state index contributed by atoms with van der Waals surface area (Å²) in [6.45, 7) is 3.36. The van der Waals surface area contributed by atoms with Crippen LogP contribution in [0.4, 0.5) is 5.69 Å². The number of esters is 1. The van der Waals surface area contributed by atoms with E-state index in [0.29, 0.717) is 11.4 Å². The Morgan fingerprint density at radius 3 is 2.83 bits per heavy atom. The molecule has 2 amide bonds. The van der Waals surface area contributed by atoms with Crippen LogP contribution in [0, 0.1) is 5.92 Å². The number of benzene rings is 1. The van der Waals surface area contributed by atoms with Crippen molar-refractivity contribution in [3.05, 3.63) is 24.3 Å². The van der Waals surface area contributed by atoms with Gasteiger partial charge in [-0.05, 0) is 26.0 Å². The van der Waals surface area contributed by atoms with Gasteiger partial charge >= 0.3 is 5.97 Å². The van der Waals surface area contributed by atoms with E-state index in [1.165, 1.54) is 7.11 Å². The van der Waals surface area contributed by atoms with Gasteiger partial charge in [-0.25, -0.2) is 9.69 Å². The molecule has 126 valence electrons. The Morgan fingerprint density at radius 2 is 2.17 bits per heavy atom. The van der Waals surface area contributed by atoms with E-state index in [0.717, 1.165) is 4.90 Å². The second-order valence-corrected chi connectivity index (χ2v) is 5.64. The molecule has 2 heterocycles. The fourth-order valence-electron chi connectivity index (χ4n) is 2.94. The molecule has 1 saturated heterocycles. The average Bonchev–Trinajstić information content (AvgIpc) is 3.02. The van der Waals surface area contributed by atoms with Gasteiger partial charge in [-0.1, -0.05) is 6.07 Å². The van der Waals surface area contributed by atoms with Crippen molar-refractivity contribution in [2.45, 2.75) is 19.4 Å². The number of ether oxygens (including phenoxy) is 2. The van der Waals surface area contributed by atoms with Crippen LogP contribution in [0.15, 0.2) is 29.4 Å². The van der Waals surface area contributed by atoms with Gasteiger partial charge < -0.3 is 9.47 Å². The average molecular weight is 331 g/mol. The molecule has 2 aliphatic rings. The van der Waals surface area contributed by atoms with Crippen LogP contribution < -0.4 is 15.1 Å². The molecule has 0 saturated carbocycles. The molecule has 2 atom stereocenters. The molecule has 8 nitrogen and oxygen atoms in total. The molecule has 1 aromatic rings. The van der Waals surface area contributed by atoms with Gasteiger partial charge in [0.2, 0.25) is 5.91 Å². The van der Waals surface area contributed by atoms with Crippen LogP contribution >= 0.6 is 0 Å². The van der Waals surface area contributed by atoms with Gasteiger partial charge in [0, 0.05) is 6.07 Å². The largest absolute Gasteiger partial charge is 0.497 e. The number of hydrazone groups is 1. The van der Waals surface area contributed by atoms with Crippen LogP contribution in [-0.4, -0.2) is 42.8 Å². The van der Waals surface area contributed by atoms with Crippen LogP contribution in [0.25, 0.3) is 0 Å². The second-order valence-electron chi connectivity index (χ2n) is 5.64. The first-order valence-corrected chi connectivity index (χ1v) is 7.48. The van der Waals surface area contributed by atoms with E-state index >= 15 is 0 Å². The van der Waals surface area contributed by atoms with Crippen molar-refractivity contribution in [3.63, 3.8) is 0 Å². The number of hydrogen-bond acceptors (Lipinski definition) is 7. The molecule has 3 rings (SSSR count). The molecule has 1 aromatic carbocycles. The zero-order chi connectivity index (χ0) is 17.5. The predicted octanol–water partition coefficient (Wildman–Crippen LogP) is 0.466. The predicted molar refractivity (Wildman–Crippen MR) is 84.6 cm³/mol. The molecule has 0 unspecified atom stereocenters. The van der Waals surface area contributed by atoms with Gasteiger partial charge in [0.1, 0.15) is 17.2 Å². The van der Waals surface area contributed by atoms with Crippen molar-refractivity contribution in [1.29, 1.82) is 0 Å². The monoisotopic (exact) mass is 331 g/mol. The molecule has 1 fully saturated rings. The minimum Gasteiger partial charge on any atom is -0.497 e.